The quantitative estimate of drug-likeness (QED) is 0.637. The Hall–Kier alpha value is -0.630. The Morgan fingerprint density at radius 1 is 1.18 bits per heavy atom. The highest BCUT2D eigenvalue weighted by Gasteiger charge is 1.98. The van der Waals surface area contributed by atoms with Crippen LogP contribution in [0.25, 0.3) is 0 Å². The summed E-state index contributed by atoms with van der Waals surface area (Å²) >= 11 is 5.69. The Morgan fingerprint density at radius 3 is 2.00 bits per heavy atom. The Bertz CT molecular complexity index is 226. The van der Waals surface area contributed by atoms with Crippen LogP contribution in [-0.2, 0) is 12.8 Å². The summed E-state index contributed by atoms with van der Waals surface area (Å²) in [5, 5.41) is 0.362. The van der Waals surface area contributed by atoms with Crippen molar-refractivity contribution in [1.29, 1.82) is 0 Å². The van der Waals surface area contributed by atoms with E-state index in [4.69, 9.17) is 11.6 Å². The average Bonchev–Trinajstić information content (AvgIpc) is 2.03. The lowest BCUT2D eigenvalue weighted by Gasteiger charge is -1.99. The van der Waals surface area contributed by atoms with Gasteiger partial charge in [0.2, 0.25) is 5.28 Å². The lowest BCUT2D eigenvalue weighted by molar-refractivity contribution is 0.936. The molecule has 0 spiro atoms. The van der Waals surface area contributed by atoms with Gasteiger partial charge in [0.15, 0.2) is 0 Å². The van der Waals surface area contributed by atoms with Crippen molar-refractivity contribution in [3.8, 4) is 0 Å². The van der Waals surface area contributed by atoms with E-state index >= 15 is 0 Å². The maximum absolute atomic E-state index is 5.69. The molecule has 11 heavy (non-hydrogen) atoms. The fourth-order valence-electron chi connectivity index (χ4n) is 0.881. The summed E-state index contributed by atoms with van der Waals surface area (Å²) in [5.41, 5.74) is 2.03. The smallest absolute Gasteiger partial charge is 0.222 e. The Balaban J connectivity index is 3.02. The molecule has 1 aromatic heterocycles. The van der Waals surface area contributed by atoms with Gasteiger partial charge < -0.3 is 0 Å². The molecule has 0 aliphatic rings. The molecule has 3 heteroatoms. The van der Waals surface area contributed by atoms with E-state index in [0.29, 0.717) is 5.28 Å². The first kappa shape index (κ1) is 8.47. The third kappa shape index (κ3) is 2.15. The summed E-state index contributed by atoms with van der Waals surface area (Å²) < 4.78 is 0. The first-order valence-corrected chi connectivity index (χ1v) is 4.16. The predicted octanol–water partition coefficient (Wildman–Crippen LogP) is 2.25. The van der Waals surface area contributed by atoms with Crippen LogP contribution in [-0.4, -0.2) is 9.97 Å². The van der Waals surface area contributed by atoms with Gasteiger partial charge in [0.1, 0.15) is 0 Å². The second kappa shape index (κ2) is 3.67. The van der Waals surface area contributed by atoms with Crippen LogP contribution in [0.2, 0.25) is 5.28 Å². The van der Waals surface area contributed by atoms with E-state index in [1.54, 1.807) is 0 Å². The normalized spacial score (nSPS) is 10.1. The molecule has 1 rings (SSSR count). The number of halogens is 1. The molecule has 0 unspecified atom stereocenters. The van der Waals surface area contributed by atoms with Crippen LogP contribution in [0.1, 0.15) is 25.2 Å². The van der Waals surface area contributed by atoms with Crippen molar-refractivity contribution in [2.75, 3.05) is 0 Å². The molecule has 0 saturated heterocycles. The zero-order valence-corrected chi connectivity index (χ0v) is 7.52. The highest BCUT2D eigenvalue weighted by atomic mass is 35.5. The van der Waals surface area contributed by atoms with Crippen LogP contribution < -0.4 is 0 Å². The van der Waals surface area contributed by atoms with Gasteiger partial charge in [-0.3, -0.25) is 0 Å². The van der Waals surface area contributed by atoms with Gasteiger partial charge >= 0.3 is 0 Å². The predicted molar refractivity (Wildman–Crippen MR) is 45.8 cm³/mol. The van der Waals surface area contributed by atoms with Crippen molar-refractivity contribution in [2.24, 2.45) is 0 Å². The minimum absolute atomic E-state index is 0.362. The molecule has 2 nitrogen and oxygen atoms in total. The Kier molecular flexibility index (Phi) is 2.83. The largest absolute Gasteiger partial charge is 0.223 e. The van der Waals surface area contributed by atoms with Crippen molar-refractivity contribution in [2.45, 2.75) is 26.7 Å². The van der Waals surface area contributed by atoms with E-state index in [2.05, 4.69) is 23.8 Å². The molecule has 1 heterocycles. The topological polar surface area (TPSA) is 25.8 Å². The van der Waals surface area contributed by atoms with Crippen molar-refractivity contribution >= 4 is 11.6 Å². The number of aromatic nitrogens is 2. The molecule has 0 aliphatic carbocycles. The summed E-state index contributed by atoms with van der Waals surface area (Å²) in [6.45, 7) is 4.11. The average molecular weight is 171 g/mol. The highest BCUT2D eigenvalue weighted by Crippen LogP contribution is 2.06. The number of aryl methyl sites for hydroxylation is 2. The highest BCUT2D eigenvalue weighted by molar-refractivity contribution is 6.28. The first-order valence-electron chi connectivity index (χ1n) is 3.78. The molecule has 0 bridgehead atoms. The molecular formula is C8H11ClN2. The number of nitrogens with zero attached hydrogens (tertiary/aromatic N) is 2. The van der Waals surface area contributed by atoms with Gasteiger partial charge in [0.05, 0.1) is 0 Å². The van der Waals surface area contributed by atoms with E-state index in [1.807, 2.05) is 6.07 Å². The molecular weight excluding hydrogens is 160 g/mol. The van der Waals surface area contributed by atoms with Crippen molar-refractivity contribution < 1.29 is 0 Å². The minimum atomic E-state index is 0.362. The van der Waals surface area contributed by atoms with Gasteiger partial charge in [0, 0.05) is 11.4 Å². The van der Waals surface area contributed by atoms with Crippen LogP contribution >= 0.6 is 11.6 Å². The van der Waals surface area contributed by atoms with Gasteiger partial charge in [-0.05, 0) is 30.5 Å². The summed E-state index contributed by atoms with van der Waals surface area (Å²) in [4.78, 5) is 8.11. The molecule has 0 fully saturated rings. The SMILES string of the molecule is CCc1cc(CC)nc(Cl)n1. The fourth-order valence-corrected chi connectivity index (χ4v) is 1.10. The summed E-state index contributed by atoms with van der Waals surface area (Å²) in [6, 6.07) is 1.99. The van der Waals surface area contributed by atoms with Gasteiger partial charge in [-0.1, -0.05) is 13.8 Å². The van der Waals surface area contributed by atoms with E-state index in [1.165, 1.54) is 0 Å². The minimum Gasteiger partial charge on any atom is -0.223 e. The van der Waals surface area contributed by atoms with Gasteiger partial charge in [-0.2, -0.15) is 0 Å². The van der Waals surface area contributed by atoms with Crippen LogP contribution in [0.3, 0.4) is 0 Å². The summed E-state index contributed by atoms with van der Waals surface area (Å²) in [7, 11) is 0. The van der Waals surface area contributed by atoms with Gasteiger partial charge in [-0.25, -0.2) is 9.97 Å². The Morgan fingerprint density at radius 2 is 1.64 bits per heavy atom. The van der Waals surface area contributed by atoms with E-state index in [9.17, 15) is 0 Å². The van der Waals surface area contributed by atoms with Gasteiger partial charge in [0.25, 0.3) is 0 Å². The summed E-state index contributed by atoms with van der Waals surface area (Å²) in [6.07, 6.45) is 1.82. The monoisotopic (exact) mass is 170 g/mol. The van der Waals surface area contributed by atoms with E-state index in [-0.39, 0.29) is 0 Å². The zero-order valence-electron chi connectivity index (χ0n) is 6.76. The molecule has 60 valence electrons. The zero-order chi connectivity index (χ0) is 8.27. The fraction of sp³-hybridized carbons (Fsp3) is 0.500. The molecule has 0 saturated carbocycles. The van der Waals surface area contributed by atoms with Crippen LogP contribution in [0.4, 0.5) is 0 Å². The van der Waals surface area contributed by atoms with Crippen LogP contribution in [0.15, 0.2) is 6.07 Å². The second-order valence-corrected chi connectivity index (χ2v) is 2.66. The van der Waals surface area contributed by atoms with Crippen molar-refractivity contribution in [3.63, 3.8) is 0 Å². The van der Waals surface area contributed by atoms with E-state index in [0.717, 1.165) is 24.2 Å². The summed E-state index contributed by atoms with van der Waals surface area (Å²) in [5.74, 6) is 0. The molecule has 0 aromatic carbocycles. The molecule has 0 radical (unpaired) electrons. The van der Waals surface area contributed by atoms with Crippen LogP contribution in [0, 0.1) is 0 Å². The Labute approximate surface area is 71.6 Å². The van der Waals surface area contributed by atoms with Crippen LogP contribution in [0.5, 0.6) is 0 Å². The number of hydrogen-bond acceptors (Lipinski definition) is 2. The third-order valence-corrected chi connectivity index (χ3v) is 1.70. The molecule has 0 N–H and O–H groups in total. The number of rotatable bonds is 2. The molecule has 0 atom stereocenters. The van der Waals surface area contributed by atoms with Crippen molar-refractivity contribution in [1.82, 2.24) is 9.97 Å². The van der Waals surface area contributed by atoms with Gasteiger partial charge in [-0.15, -0.1) is 0 Å². The third-order valence-electron chi connectivity index (χ3n) is 1.53. The lowest BCUT2D eigenvalue weighted by atomic mass is 10.2. The maximum Gasteiger partial charge on any atom is 0.222 e. The molecule has 0 amide bonds. The standard InChI is InChI=1S/C8H11ClN2/c1-3-6-5-7(4-2)11-8(9)10-6/h5H,3-4H2,1-2H3. The second-order valence-electron chi connectivity index (χ2n) is 2.33. The number of hydrogen-bond donors (Lipinski definition) is 0. The molecule has 0 aliphatic heterocycles. The molecule has 1 aromatic rings. The first-order chi connectivity index (χ1) is 5.26. The van der Waals surface area contributed by atoms with Crippen molar-refractivity contribution in [3.05, 3.63) is 22.7 Å². The lowest BCUT2D eigenvalue weighted by Crippen LogP contribution is -1.95. The maximum atomic E-state index is 5.69. The van der Waals surface area contributed by atoms with E-state index < -0.39 is 0 Å².